The summed E-state index contributed by atoms with van der Waals surface area (Å²) in [5, 5.41) is 6.51. The molecule has 32 heavy (non-hydrogen) atoms. The quantitative estimate of drug-likeness (QED) is 0.238. The van der Waals surface area contributed by atoms with E-state index in [9.17, 15) is 8.78 Å². The summed E-state index contributed by atoms with van der Waals surface area (Å²) in [5.41, 5.74) is 2.92. The number of nitrogens with one attached hydrogen (secondary N) is 2. The molecule has 0 saturated heterocycles. The lowest BCUT2D eigenvalue weighted by Crippen LogP contribution is -2.37. The number of rotatable bonds is 11. The fourth-order valence-electron chi connectivity index (χ4n) is 3.09. The minimum atomic E-state index is -2.94. The molecule has 0 aromatic heterocycles. The average molecular weight is 562 g/mol. The van der Waals surface area contributed by atoms with Crippen molar-refractivity contribution in [1.82, 2.24) is 15.5 Å². The summed E-state index contributed by atoms with van der Waals surface area (Å²) >= 11 is 0. The number of guanidine groups is 1. The molecule has 0 heterocycles. The van der Waals surface area contributed by atoms with Crippen molar-refractivity contribution >= 4 is 29.9 Å². The van der Waals surface area contributed by atoms with Gasteiger partial charge in [-0.05, 0) is 45.1 Å². The Kier molecular flexibility index (Phi) is 12.9. The minimum Gasteiger partial charge on any atom is -0.490 e. The molecule has 2 rings (SSSR count). The van der Waals surface area contributed by atoms with E-state index in [1.54, 1.807) is 25.1 Å². The maximum atomic E-state index is 12.9. The van der Waals surface area contributed by atoms with Crippen LogP contribution in [0.1, 0.15) is 30.5 Å². The molecule has 6 nitrogen and oxygen atoms in total. The van der Waals surface area contributed by atoms with Crippen LogP contribution in [0, 0.1) is 0 Å². The van der Waals surface area contributed by atoms with Crippen molar-refractivity contribution in [3.05, 3.63) is 59.2 Å². The van der Waals surface area contributed by atoms with E-state index in [1.165, 1.54) is 11.1 Å². The fraction of sp³-hybridized carbons (Fsp3) is 0.435. The SMILES string of the molecule is CCNC(=NCc1cccc(OCC)c1OC(F)F)NCc1ccccc1CN(C)C.I. The van der Waals surface area contributed by atoms with Gasteiger partial charge in [-0.15, -0.1) is 24.0 Å². The van der Waals surface area contributed by atoms with Crippen molar-refractivity contribution in [2.24, 2.45) is 4.99 Å². The molecule has 0 amide bonds. The summed E-state index contributed by atoms with van der Waals surface area (Å²) in [6.45, 7) is 3.44. The largest absolute Gasteiger partial charge is 0.490 e. The average Bonchev–Trinajstić information content (AvgIpc) is 2.72. The molecule has 0 atom stereocenters. The van der Waals surface area contributed by atoms with Crippen molar-refractivity contribution in [2.75, 3.05) is 27.2 Å². The third-order valence-corrected chi connectivity index (χ3v) is 4.37. The van der Waals surface area contributed by atoms with Crippen molar-refractivity contribution in [3.8, 4) is 11.5 Å². The van der Waals surface area contributed by atoms with Crippen molar-refractivity contribution in [1.29, 1.82) is 0 Å². The third-order valence-electron chi connectivity index (χ3n) is 4.37. The molecular formula is C23H33F2IN4O2. The van der Waals surface area contributed by atoms with Gasteiger partial charge in [-0.2, -0.15) is 8.78 Å². The highest BCUT2D eigenvalue weighted by molar-refractivity contribution is 14.0. The number of benzene rings is 2. The Labute approximate surface area is 206 Å². The summed E-state index contributed by atoms with van der Waals surface area (Å²) in [6.07, 6.45) is 0. The minimum absolute atomic E-state index is 0. The second kappa shape index (κ2) is 14.8. The zero-order valence-corrected chi connectivity index (χ0v) is 21.4. The number of ether oxygens (including phenoxy) is 2. The summed E-state index contributed by atoms with van der Waals surface area (Å²) in [5.74, 6) is 0.897. The van der Waals surface area contributed by atoms with Crippen molar-refractivity contribution in [2.45, 2.75) is 40.1 Å². The Morgan fingerprint density at radius 1 is 1.00 bits per heavy atom. The maximum absolute atomic E-state index is 12.9. The first-order chi connectivity index (χ1) is 14.9. The number of hydrogen-bond acceptors (Lipinski definition) is 4. The standard InChI is InChI=1S/C23H32F2N4O2.HI/c1-5-26-23(27-14-17-10-7-8-11-19(17)16-29(3)4)28-15-18-12-9-13-20(30-6-2)21(18)31-22(24)25;/h7-13,22H,5-6,14-16H2,1-4H3,(H2,26,27,28);1H. The molecule has 9 heteroatoms. The number of hydrogen-bond donors (Lipinski definition) is 2. The predicted octanol–water partition coefficient (Wildman–Crippen LogP) is 4.62. The van der Waals surface area contributed by atoms with Crippen LogP contribution >= 0.6 is 24.0 Å². The van der Waals surface area contributed by atoms with Crippen LogP contribution in [0.4, 0.5) is 8.78 Å². The van der Waals surface area contributed by atoms with Crippen LogP contribution in [0.15, 0.2) is 47.5 Å². The second-order valence-corrected chi connectivity index (χ2v) is 7.11. The molecule has 2 aromatic rings. The zero-order valence-electron chi connectivity index (χ0n) is 19.0. The van der Waals surface area contributed by atoms with Crippen LogP contribution in [0.2, 0.25) is 0 Å². The Balaban J connectivity index is 0.00000512. The first-order valence-electron chi connectivity index (χ1n) is 10.4. The van der Waals surface area contributed by atoms with E-state index < -0.39 is 6.61 Å². The highest BCUT2D eigenvalue weighted by atomic mass is 127. The van der Waals surface area contributed by atoms with Crippen LogP contribution < -0.4 is 20.1 Å². The zero-order chi connectivity index (χ0) is 22.6. The highest BCUT2D eigenvalue weighted by Crippen LogP contribution is 2.33. The smallest absolute Gasteiger partial charge is 0.387 e. The Morgan fingerprint density at radius 2 is 1.69 bits per heavy atom. The molecule has 0 saturated carbocycles. The van der Waals surface area contributed by atoms with E-state index in [4.69, 9.17) is 9.47 Å². The predicted molar refractivity (Wildman–Crippen MR) is 135 cm³/mol. The van der Waals surface area contributed by atoms with E-state index in [2.05, 4.69) is 32.7 Å². The van der Waals surface area contributed by atoms with E-state index in [1.807, 2.05) is 33.2 Å². The van der Waals surface area contributed by atoms with Gasteiger partial charge in [0.25, 0.3) is 0 Å². The summed E-state index contributed by atoms with van der Waals surface area (Å²) in [6, 6.07) is 13.3. The van der Waals surface area contributed by atoms with E-state index in [0.717, 1.165) is 6.54 Å². The van der Waals surface area contributed by atoms with Gasteiger partial charge in [-0.25, -0.2) is 4.99 Å². The van der Waals surface area contributed by atoms with Gasteiger partial charge in [-0.1, -0.05) is 36.4 Å². The lowest BCUT2D eigenvalue weighted by Gasteiger charge is -2.17. The van der Waals surface area contributed by atoms with Crippen LogP contribution in [0.5, 0.6) is 11.5 Å². The molecule has 2 aromatic carbocycles. The second-order valence-electron chi connectivity index (χ2n) is 7.11. The lowest BCUT2D eigenvalue weighted by molar-refractivity contribution is -0.0520. The van der Waals surface area contributed by atoms with Gasteiger partial charge in [0.1, 0.15) is 0 Å². The number of halogens is 3. The van der Waals surface area contributed by atoms with Crippen LogP contribution in [0.25, 0.3) is 0 Å². The van der Waals surface area contributed by atoms with Gasteiger partial charge in [-0.3, -0.25) is 0 Å². The molecule has 0 fully saturated rings. The van der Waals surface area contributed by atoms with Gasteiger partial charge >= 0.3 is 6.61 Å². The Morgan fingerprint density at radius 3 is 2.31 bits per heavy atom. The normalized spacial score (nSPS) is 11.3. The molecule has 0 unspecified atom stereocenters. The Bertz CT molecular complexity index is 850. The van der Waals surface area contributed by atoms with Crippen LogP contribution in [0.3, 0.4) is 0 Å². The van der Waals surface area contributed by atoms with Crippen molar-refractivity contribution in [3.63, 3.8) is 0 Å². The maximum Gasteiger partial charge on any atom is 0.387 e. The first-order valence-corrected chi connectivity index (χ1v) is 10.4. The molecule has 0 aliphatic rings. The summed E-state index contributed by atoms with van der Waals surface area (Å²) < 4.78 is 36.0. The molecule has 0 radical (unpaired) electrons. The van der Waals surface area contributed by atoms with E-state index >= 15 is 0 Å². The van der Waals surface area contributed by atoms with Gasteiger partial charge in [0.2, 0.25) is 0 Å². The molecule has 0 aliphatic carbocycles. The Hall–Kier alpha value is -2.14. The van der Waals surface area contributed by atoms with Gasteiger partial charge in [0, 0.05) is 25.2 Å². The summed E-state index contributed by atoms with van der Waals surface area (Å²) in [4.78, 5) is 6.68. The molecule has 2 N–H and O–H groups in total. The van der Waals surface area contributed by atoms with E-state index in [-0.39, 0.29) is 42.0 Å². The number of nitrogens with zero attached hydrogens (tertiary/aromatic N) is 2. The monoisotopic (exact) mass is 562 g/mol. The lowest BCUT2D eigenvalue weighted by atomic mass is 10.1. The molecule has 0 aliphatic heterocycles. The third kappa shape index (κ3) is 9.15. The van der Waals surface area contributed by atoms with Gasteiger partial charge in [0.05, 0.1) is 13.2 Å². The number of aliphatic imine (C=N–C) groups is 1. The van der Waals surface area contributed by atoms with Crippen LogP contribution in [-0.2, 0) is 19.6 Å². The van der Waals surface area contributed by atoms with Crippen LogP contribution in [-0.4, -0.2) is 44.7 Å². The topological polar surface area (TPSA) is 58.1 Å². The number of para-hydroxylation sites is 1. The molecule has 0 spiro atoms. The molecule has 178 valence electrons. The van der Waals surface area contributed by atoms with Gasteiger partial charge in [0.15, 0.2) is 17.5 Å². The summed E-state index contributed by atoms with van der Waals surface area (Å²) in [7, 11) is 4.07. The molecule has 0 bridgehead atoms. The highest BCUT2D eigenvalue weighted by Gasteiger charge is 2.15. The van der Waals surface area contributed by atoms with Crippen molar-refractivity contribution < 1.29 is 18.3 Å². The number of alkyl halides is 2. The molecular weight excluding hydrogens is 529 g/mol. The van der Waals surface area contributed by atoms with E-state index in [0.29, 0.717) is 31.2 Å². The fourth-order valence-corrected chi connectivity index (χ4v) is 3.09. The van der Waals surface area contributed by atoms with Gasteiger partial charge < -0.3 is 25.0 Å². The first kappa shape index (κ1) is 27.9.